The second-order valence-electron chi connectivity index (χ2n) is 6.61. The summed E-state index contributed by atoms with van der Waals surface area (Å²) in [7, 11) is 0. The fourth-order valence-corrected chi connectivity index (χ4v) is 2.70. The summed E-state index contributed by atoms with van der Waals surface area (Å²) >= 11 is 0. The molecule has 0 fully saturated rings. The van der Waals surface area contributed by atoms with Gasteiger partial charge < -0.3 is 5.11 Å². The van der Waals surface area contributed by atoms with Crippen LogP contribution in [0.25, 0.3) is 0 Å². The van der Waals surface area contributed by atoms with Crippen molar-refractivity contribution >= 4 is 0 Å². The average Bonchev–Trinajstić information content (AvgIpc) is 2.40. The van der Waals surface area contributed by atoms with E-state index in [2.05, 4.69) is 65.0 Å². The largest absolute Gasteiger partial charge is 0.508 e. The Morgan fingerprint density at radius 3 is 2.15 bits per heavy atom. The molecule has 0 saturated carbocycles. The van der Waals surface area contributed by atoms with E-state index in [0.717, 1.165) is 5.56 Å². The van der Waals surface area contributed by atoms with Crippen LogP contribution in [0.4, 0.5) is 0 Å². The zero-order valence-corrected chi connectivity index (χ0v) is 13.1. The molecular weight excluding hydrogens is 244 g/mol. The van der Waals surface area contributed by atoms with Crippen LogP contribution in [0.1, 0.15) is 55.9 Å². The number of aromatic hydroxyl groups is 1. The number of phenolic OH excluding ortho intramolecular Hbond substituents is 1. The van der Waals surface area contributed by atoms with Gasteiger partial charge >= 0.3 is 0 Å². The summed E-state index contributed by atoms with van der Waals surface area (Å²) in [6.07, 6.45) is 0. The lowest BCUT2D eigenvalue weighted by Crippen LogP contribution is -2.12. The fraction of sp³-hybridized carbons (Fsp3) is 0.368. The predicted molar refractivity (Wildman–Crippen MR) is 85.5 cm³/mol. The van der Waals surface area contributed by atoms with E-state index in [9.17, 15) is 5.11 Å². The van der Waals surface area contributed by atoms with Gasteiger partial charge in [-0.3, -0.25) is 0 Å². The third kappa shape index (κ3) is 2.87. The summed E-state index contributed by atoms with van der Waals surface area (Å²) in [5, 5.41) is 10.3. The molecule has 0 bridgehead atoms. The lowest BCUT2D eigenvalue weighted by molar-refractivity contribution is 0.445. The van der Waals surface area contributed by atoms with Crippen LogP contribution in [0.2, 0.25) is 0 Å². The van der Waals surface area contributed by atoms with E-state index in [4.69, 9.17) is 0 Å². The molecule has 0 amide bonds. The van der Waals surface area contributed by atoms with Gasteiger partial charge in [0.2, 0.25) is 0 Å². The molecule has 0 spiro atoms. The lowest BCUT2D eigenvalue weighted by Gasteiger charge is -2.24. The molecule has 0 unspecified atom stereocenters. The van der Waals surface area contributed by atoms with Crippen molar-refractivity contribution in [1.82, 2.24) is 0 Å². The van der Waals surface area contributed by atoms with Gasteiger partial charge in [-0.15, -0.1) is 0 Å². The topological polar surface area (TPSA) is 20.2 Å². The SMILES string of the molecule is Cc1cc(C(C)(C)C)c(O)cc1[C@H](C)c1ccccc1. The molecule has 1 N–H and O–H groups in total. The predicted octanol–water partition coefficient (Wildman–Crippen LogP) is 5.15. The van der Waals surface area contributed by atoms with Crippen LogP contribution in [0.5, 0.6) is 5.75 Å². The molecule has 0 aliphatic rings. The number of hydrogen-bond donors (Lipinski definition) is 1. The van der Waals surface area contributed by atoms with Gasteiger partial charge in [0.25, 0.3) is 0 Å². The number of rotatable bonds is 2. The van der Waals surface area contributed by atoms with Crippen LogP contribution in [-0.4, -0.2) is 5.11 Å². The molecule has 0 aromatic heterocycles. The summed E-state index contributed by atoms with van der Waals surface area (Å²) in [5.41, 5.74) is 4.69. The van der Waals surface area contributed by atoms with Crippen molar-refractivity contribution in [2.45, 2.75) is 46.0 Å². The molecule has 0 radical (unpaired) electrons. The molecule has 0 aliphatic heterocycles. The Hall–Kier alpha value is -1.76. The number of benzene rings is 2. The molecule has 1 heteroatoms. The van der Waals surface area contributed by atoms with E-state index in [-0.39, 0.29) is 11.3 Å². The zero-order chi connectivity index (χ0) is 14.9. The second kappa shape index (κ2) is 5.32. The summed E-state index contributed by atoms with van der Waals surface area (Å²) in [4.78, 5) is 0. The van der Waals surface area contributed by atoms with Crippen molar-refractivity contribution in [3.8, 4) is 5.75 Å². The Labute approximate surface area is 122 Å². The highest BCUT2D eigenvalue weighted by Crippen LogP contribution is 2.36. The maximum absolute atomic E-state index is 10.3. The van der Waals surface area contributed by atoms with Crippen molar-refractivity contribution in [2.24, 2.45) is 0 Å². The second-order valence-corrected chi connectivity index (χ2v) is 6.61. The highest BCUT2D eigenvalue weighted by atomic mass is 16.3. The summed E-state index contributed by atoms with van der Waals surface area (Å²) in [6, 6.07) is 14.5. The highest BCUT2D eigenvalue weighted by molar-refractivity contribution is 5.48. The van der Waals surface area contributed by atoms with Gasteiger partial charge in [-0.05, 0) is 40.7 Å². The first kappa shape index (κ1) is 14.6. The molecule has 2 aromatic carbocycles. The van der Waals surface area contributed by atoms with Gasteiger partial charge in [0.05, 0.1) is 0 Å². The average molecular weight is 268 g/mol. The van der Waals surface area contributed by atoms with Crippen LogP contribution < -0.4 is 0 Å². The van der Waals surface area contributed by atoms with E-state index in [1.807, 2.05) is 12.1 Å². The van der Waals surface area contributed by atoms with E-state index in [1.165, 1.54) is 16.7 Å². The molecule has 20 heavy (non-hydrogen) atoms. The minimum atomic E-state index is -0.0383. The molecule has 106 valence electrons. The quantitative estimate of drug-likeness (QED) is 0.798. The van der Waals surface area contributed by atoms with Gasteiger partial charge in [0, 0.05) is 5.92 Å². The molecule has 0 saturated heterocycles. The lowest BCUT2D eigenvalue weighted by atomic mass is 9.82. The van der Waals surface area contributed by atoms with Gasteiger partial charge in [0.15, 0.2) is 0 Å². The first-order valence-corrected chi connectivity index (χ1v) is 7.19. The molecule has 0 aliphatic carbocycles. The maximum atomic E-state index is 10.3. The molecule has 1 nitrogen and oxygen atoms in total. The Kier molecular flexibility index (Phi) is 3.89. The van der Waals surface area contributed by atoms with Crippen molar-refractivity contribution in [3.63, 3.8) is 0 Å². The van der Waals surface area contributed by atoms with Crippen molar-refractivity contribution in [2.75, 3.05) is 0 Å². The van der Waals surface area contributed by atoms with Crippen LogP contribution >= 0.6 is 0 Å². The van der Waals surface area contributed by atoms with Crippen LogP contribution in [0, 0.1) is 6.92 Å². The highest BCUT2D eigenvalue weighted by Gasteiger charge is 2.21. The van der Waals surface area contributed by atoms with E-state index in [0.29, 0.717) is 5.75 Å². The minimum absolute atomic E-state index is 0.0383. The van der Waals surface area contributed by atoms with Crippen LogP contribution in [0.15, 0.2) is 42.5 Å². The molecule has 2 aromatic rings. The third-order valence-corrected chi connectivity index (χ3v) is 3.96. The van der Waals surface area contributed by atoms with Crippen molar-refractivity contribution in [3.05, 3.63) is 64.7 Å². The first-order chi connectivity index (χ1) is 9.30. The third-order valence-electron chi connectivity index (χ3n) is 3.96. The number of hydrogen-bond acceptors (Lipinski definition) is 1. The Morgan fingerprint density at radius 2 is 1.60 bits per heavy atom. The first-order valence-electron chi connectivity index (χ1n) is 7.19. The van der Waals surface area contributed by atoms with Gasteiger partial charge in [-0.2, -0.15) is 0 Å². The standard InChI is InChI=1S/C19H24O/c1-13-11-17(19(3,4)5)18(20)12-16(13)14(2)15-9-7-6-8-10-15/h6-12,14,20H,1-5H3/t14-/m1/s1. The van der Waals surface area contributed by atoms with E-state index < -0.39 is 0 Å². The minimum Gasteiger partial charge on any atom is -0.508 e. The van der Waals surface area contributed by atoms with Gasteiger partial charge in [-0.1, -0.05) is 64.1 Å². The Bertz CT molecular complexity index is 591. The molecule has 2 rings (SSSR count). The van der Waals surface area contributed by atoms with Gasteiger partial charge in [0.1, 0.15) is 5.75 Å². The monoisotopic (exact) mass is 268 g/mol. The normalized spacial score (nSPS) is 13.2. The smallest absolute Gasteiger partial charge is 0.119 e. The molecular formula is C19H24O. The van der Waals surface area contributed by atoms with Crippen LogP contribution in [-0.2, 0) is 5.41 Å². The number of phenols is 1. The van der Waals surface area contributed by atoms with E-state index in [1.54, 1.807) is 0 Å². The summed E-state index contributed by atoms with van der Waals surface area (Å²) in [6.45, 7) is 10.7. The summed E-state index contributed by atoms with van der Waals surface area (Å²) < 4.78 is 0. The summed E-state index contributed by atoms with van der Waals surface area (Å²) in [5.74, 6) is 0.692. The number of aryl methyl sites for hydroxylation is 1. The fourth-order valence-electron chi connectivity index (χ4n) is 2.70. The van der Waals surface area contributed by atoms with Gasteiger partial charge in [-0.25, -0.2) is 0 Å². The van der Waals surface area contributed by atoms with Crippen molar-refractivity contribution < 1.29 is 5.11 Å². The van der Waals surface area contributed by atoms with E-state index >= 15 is 0 Å². The zero-order valence-electron chi connectivity index (χ0n) is 13.1. The van der Waals surface area contributed by atoms with Crippen molar-refractivity contribution in [1.29, 1.82) is 0 Å². The molecule has 0 heterocycles. The Morgan fingerprint density at radius 1 is 1.00 bits per heavy atom. The Balaban J connectivity index is 2.47. The maximum Gasteiger partial charge on any atom is 0.119 e. The molecule has 1 atom stereocenters. The van der Waals surface area contributed by atoms with Crippen LogP contribution in [0.3, 0.4) is 0 Å².